The summed E-state index contributed by atoms with van der Waals surface area (Å²) in [6, 6.07) is -0.204. The lowest BCUT2D eigenvalue weighted by Gasteiger charge is -2.40. The number of nitrogens with zero attached hydrogens (tertiary/aromatic N) is 1. The number of nitrogens with one attached hydrogen (secondary N) is 1. The van der Waals surface area contributed by atoms with E-state index in [-0.39, 0.29) is 30.8 Å². The normalized spacial score (nSPS) is 25.5. The Kier molecular flexibility index (Phi) is 6.65. The molecule has 0 aromatic rings. The molecule has 1 aliphatic rings. The zero-order valence-corrected chi connectivity index (χ0v) is 13.1. The van der Waals surface area contributed by atoms with Crippen LogP contribution in [0.5, 0.6) is 0 Å². The van der Waals surface area contributed by atoms with Gasteiger partial charge in [0.25, 0.3) is 0 Å². The van der Waals surface area contributed by atoms with Gasteiger partial charge in [0, 0.05) is 25.4 Å². The Balaban J connectivity index is 2.37. The zero-order chi connectivity index (χ0) is 16.0. The molecule has 0 aliphatic carbocycles. The van der Waals surface area contributed by atoms with E-state index in [1.54, 1.807) is 4.90 Å². The van der Waals surface area contributed by atoms with Crippen molar-refractivity contribution in [1.82, 2.24) is 10.2 Å². The van der Waals surface area contributed by atoms with Gasteiger partial charge in [-0.15, -0.1) is 0 Å². The van der Waals surface area contributed by atoms with Crippen LogP contribution in [0.4, 0.5) is 4.79 Å². The minimum absolute atomic E-state index is 0.0550. The van der Waals surface area contributed by atoms with Crippen LogP contribution >= 0.6 is 0 Å². The van der Waals surface area contributed by atoms with E-state index in [2.05, 4.69) is 19.2 Å². The molecule has 1 heterocycles. The fourth-order valence-electron chi connectivity index (χ4n) is 2.80. The number of piperidine rings is 1. The van der Waals surface area contributed by atoms with Gasteiger partial charge in [-0.25, -0.2) is 4.79 Å². The molecule has 1 aliphatic heterocycles. The minimum atomic E-state index is -0.864. The van der Waals surface area contributed by atoms with Crippen LogP contribution in [-0.4, -0.2) is 40.5 Å². The van der Waals surface area contributed by atoms with E-state index in [0.717, 1.165) is 6.42 Å². The van der Waals surface area contributed by atoms with Gasteiger partial charge < -0.3 is 10.0 Å². The molecule has 0 aromatic heterocycles. The van der Waals surface area contributed by atoms with E-state index in [9.17, 15) is 14.4 Å². The number of carbonyl (C=O) groups is 3. The van der Waals surface area contributed by atoms with Crippen molar-refractivity contribution in [2.45, 2.75) is 58.9 Å². The predicted molar refractivity (Wildman–Crippen MR) is 78.8 cm³/mol. The van der Waals surface area contributed by atoms with E-state index in [0.29, 0.717) is 31.2 Å². The second-order valence-electron chi connectivity index (χ2n) is 6.17. The van der Waals surface area contributed by atoms with Crippen LogP contribution < -0.4 is 5.32 Å². The number of rotatable bonds is 5. The summed E-state index contributed by atoms with van der Waals surface area (Å²) in [6.45, 7) is 6.90. The number of amides is 3. The summed E-state index contributed by atoms with van der Waals surface area (Å²) in [5, 5.41) is 10.9. The summed E-state index contributed by atoms with van der Waals surface area (Å²) >= 11 is 0. The van der Waals surface area contributed by atoms with Gasteiger partial charge in [0.15, 0.2) is 0 Å². The number of urea groups is 1. The van der Waals surface area contributed by atoms with Crippen LogP contribution in [0.2, 0.25) is 0 Å². The first-order chi connectivity index (χ1) is 9.81. The Labute approximate surface area is 125 Å². The van der Waals surface area contributed by atoms with Crippen molar-refractivity contribution in [1.29, 1.82) is 0 Å². The maximum atomic E-state index is 12.2. The molecule has 6 heteroatoms. The summed E-state index contributed by atoms with van der Waals surface area (Å²) in [6.07, 6.45) is 2.26. The zero-order valence-electron chi connectivity index (χ0n) is 13.1. The van der Waals surface area contributed by atoms with Crippen molar-refractivity contribution in [2.75, 3.05) is 6.54 Å². The molecule has 0 saturated carbocycles. The smallest absolute Gasteiger partial charge is 0.324 e. The maximum Gasteiger partial charge on any atom is 0.324 e. The Hall–Kier alpha value is -1.59. The molecule has 3 amide bonds. The van der Waals surface area contributed by atoms with E-state index >= 15 is 0 Å². The van der Waals surface area contributed by atoms with Crippen LogP contribution in [0, 0.1) is 11.8 Å². The summed E-state index contributed by atoms with van der Waals surface area (Å²) in [5.41, 5.74) is 0. The van der Waals surface area contributed by atoms with E-state index < -0.39 is 5.97 Å². The largest absolute Gasteiger partial charge is 0.481 e. The van der Waals surface area contributed by atoms with Gasteiger partial charge in [-0.05, 0) is 38.0 Å². The second kappa shape index (κ2) is 8.00. The number of carboxylic acid groups (broad SMARTS) is 1. The van der Waals surface area contributed by atoms with Crippen molar-refractivity contribution in [2.24, 2.45) is 11.8 Å². The minimum Gasteiger partial charge on any atom is -0.481 e. The maximum absolute atomic E-state index is 12.2. The fourth-order valence-corrected chi connectivity index (χ4v) is 2.80. The molecular formula is C15H26N2O4. The van der Waals surface area contributed by atoms with E-state index in [4.69, 9.17) is 5.11 Å². The SMILES string of the molecule is CC1CC(C)C(C)N(C(=O)NC(=O)CCCCC(=O)O)C1. The predicted octanol–water partition coefficient (Wildman–Crippen LogP) is 2.23. The summed E-state index contributed by atoms with van der Waals surface area (Å²) < 4.78 is 0. The number of imide groups is 1. The molecule has 21 heavy (non-hydrogen) atoms. The number of aliphatic carboxylic acids is 1. The molecule has 0 bridgehead atoms. The lowest BCUT2D eigenvalue weighted by Crippen LogP contribution is -2.53. The highest BCUT2D eigenvalue weighted by molar-refractivity contribution is 5.94. The van der Waals surface area contributed by atoms with E-state index in [1.807, 2.05) is 6.92 Å². The third-order valence-corrected chi connectivity index (χ3v) is 4.15. The number of unbranched alkanes of at least 4 members (excludes halogenated alkanes) is 1. The van der Waals surface area contributed by atoms with E-state index in [1.165, 1.54) is 0 Å². The molecule has 0 aromatic carbocycles. The molecule has 1 saturated heterocycles. The highest BCUT2D eigenvalue weighted by Gasteiger charge is 2.32. The summed E-state index contributed by atoms with van der Waals surface area (Å²) in [5.74, 6) is -0.335. The third kappa shape index (κ3) is 5.73. The highest BCUT2D eigenvalue weighted by Crippen LogP contribution is 2.26. The molecule has 120 valence electrons. The Morgan fingerprint density at radius 2 is 1.76 bits per heavy atom. The topological polar surface area (TPSA) is 86.7 Å². The van der Waals surface area contributed by atoms with Crippen molar-refractivity contribution in [3.05, 3.63) is 0 Å². The van der Waals surface area contributed by atoms with Gasteiger partial charge in [0.1, 0.15) is 0 Å². The standard InChI is InChI=1S/C15H26N2O4/c1-10-8-11(2)12(3)17(9-10)15(21)16-13(18)6-4-5-7-14(19)20/h10-12H,4-9H2,1-3H3,(H,19,20)(H,16,18,21). The summed E-state index contributed by atoms with van der Waals surface area (Å²) in [4.78, 5) is 35.9. The molecular weight excluding hydrogens is 272 g/mol. The van der Waals surface area contributed by atoms with Gasteiger partial charge >= 0.3 is 12.0 Å². The molecule has 1 fully saturated rings. The Morgan fingerprint density at radius 1 is 1.14 bits per heavy atom. The fraction of sp³-hybridized carbons (Fsp3) is 0.800. The Morgan fingerprint density at radius 3 is 2.38 bits per heavy atom. The van der Waals surface area contributed by atoms with Crippen LogP contribution in [0.25, 0.3) is 0 Å². The van der Waals surface area contributed by atoms with Crippen LogP contribution in [0.1, 0.15) is 52.9 Å². The second-order valence-corrected chi connectivity index (χ2v) is 6.17. The number of hydrogen-bond donors (Lipinski definition) is 2. The van der Waals surface area contributed by atoms with Crippen LogP contribution in [0.3, 0.4) is 0 Å². The molecule has 3 atom stereocenters. The number of carbonyl (C=O) groups excluding carboxylic acids is 2. The van der Waals surface area contributed by atoms with Gasteiger partial charge in [-0.2, -0.15) is 0 Å². The quantitative estimate of drug-likeness (QED) is 0.762. The first-order valence-corrected chi connectivity index (χ1v) is 7.63. The van der Waals surface area contributed by atoms with Crippen molar-refractivity contribution in [3.63, 3.8) is 0 Å². The van der Waals surface area contributed by atoms with Gasteiger partial charge in [0.2, 0.25) is 5.91 Å². The number of carboxylic acids is 1. The molecule has 2 N–H and O–H groups in total. The van der Waals surface area contributed by atoms with Gasteiger partial charge in [0.05, 0.1) is 0 Å². The molecule has 0 radical (unpaired) electrons. The third-order valence-electron chi connectivity index (χ3n) is 4.15. The van der Waals surface area contributed by atoms with Gasteiger partial charge in [-0.3, -0.25) is 14.9 Å². The first-order valence-electron chi connectivity index (χ1n) is 7.63. The molecule has 0 spiro atoms. The highest BCUT2D eigenvalue weighted by atomic mass is 16.4. The number of likely N-dealkylation sites (tertiary alicyclic amines) is 1. The molecule has 6 nitrogen and oxygen atoms in total. The lowest BCUT2D eigenvalue weighted by atomic mass is 9.86. The van der Waals surface area contributed by atoms with Crippen LogP contribution in [0.15, 0.2) is 0 Å². The van der Waals surface area contributed by atoms with Crippen molar-refractivity contribution in [3.8, 4) is 0 Å². The monoisotopic (exact) mass is 298 g/mol. The van der Waals surface area contributed by atoms with Gasteiger partial charge in [-0.1, -0.05) is 13.8 Å². The lowest BCUT2D eigenvalue weighted by molar-refractivity contribution is -0.137. The molecule has 3 unspecified atom stereocenters. The Bertz CT molecular complexity index is 397. The number of hydrogen-bond acceptors (Lipinski definition) is 3. The molecule has 1 rings (SSSR count). The first kappa shape index (κ1) is 17.5. The average Bonchev–Trinajstić information content (AvgIpc) is 2.38. The summed E-state index contributed by atoms with van der Waals surface area (Å²) in [7, 11) is 0. The van der Waals surface area contributed by atoms with Crippen LogP contribution in [-0.2, 0) is 9.59 Å². The van der Waals surface area contributed by atoms with Crippen molar-refractivity contribution >= 4 is 17.9 Å². The average molecular weight is 298 g/mol. The van der Waals surface area contributed by atoms with Crippen molar-refractivity contribution < 1.29 is 19.5 Å².